The lowest BCUT2D eigenvalue weighted by molar-refractivity contribution is 0.0523. The molecule has 0 aliphatic carbocycles. The molecule has 0 spiro atoms. The van der Waals surface area contributed by atoms with Crippen molar-refractivity contribution in [3.8, 4) is 0 Å². The van der Waals surface area contributed by atoms with E-state index in [0.717, 1.165) is 18.4 Å². The molecular formula is C27H32BN3O5. The maximum atomic E-state index is 13.1. The third kappa shape index (κ3) is 6.22. The molecule has 36 heavy (non-hydrogen) atoms. The van der Waals surface area contributed by atoms with Gasteiger partial charge in [0.2, 0.25) is 0 Å². The number of carbonyl (C=O) groups excluding carboxylic acids is 2. The van der Waals surface area contributed by atoms with Crippen LogP contribution in [0.15, 0.2) is 54.7 Å². The molecular weight excluding hydrogens is 457 g/mol. The Morgan fingerprint density at radius 3 is 2.53 bits per heavy atom. The Hall–Kier alpha value is -3.43. The minimum Gasteiger partial charge on any atom is -0.444 e. The van der Waals surface area contributed by atoms with E-state index in [4.69, 9.17) is 4.74 Å². The first-order valence-electron chi connectivity index (χ1n) is 12.2. The number of hydrogen-bond donors (Lipinski definition) is 3. The molecule has 4 rings (SSSR count). The molecule has 0 radical (unpaired) electrons. The van der Waals surface area contributed by atoms with Crippen molar-refractivity contribution in [1.29, 1.82) is 0 Å². The van der Waals surface area contributed by atoms with Gasteiger partial charge in [-0.05, 0) is 56.7 Å². The lowest BCUT2D eigenvalue weighted by Gasteiger charge is -2.32. The highest BCUT2D eigenvalue weighted by Gasteiger charge is 2.26. The maximum absolute atomic E-state index is 13.1. The quantitative estimate of drug-likeness (QED) is 0.476. The molecule has 2 aromatic carbocycles. The van der Waals surface area contributed by atoms with Crippen molar-refractivity contribution in [2.75, 3.05) is 13.1 Å². The van der Waals surface area contributed by atoms with Crippen LogP contribution in [0.25, 0.3) is 10.9 Å². The summed E-state index contributed by atoms with van der Waals surface area (Å²) in [6, 6.07) is 15.1. The molecule has 8 nitrogen and oxygen atoms in total. The number of nitrogens with zero attached hydrogens (tertiary/aromatic N) is 2. The highest BCUT2D eigenvalue weighted by Crippen LogP contribution is 2.29. The Morgan fingerprint density at radius 1 is 1.11 bits per heavy atom. The fourth-order valence-electron chi connectivity index (χ4n) is 4.55. The highest BCUT2D eigenvalue weighted by molar-refractivity contribution is 6.61. The van der Waals surface area contributed by atoms with Gasteiger partial charge < -0.3 is 25.0 Å². The summed E-state index contributed by atoms with van der Waals surface area (Å²) in [5.41, 5.74) is 2.95. The van der Waals surface area contributed by atoms with Crippen molar-refractivity contribution in [1.82, 2.24) is 15.2 Å². The summed E-state index contributed by atoms with van der Waals surface area (Å²) in [5.74, 6) is 0.256. The lowest BCUT2D eigenvalue weighted by Crippen LogP contribution is -2.38. The maximum Gasteiger partial charge on any atom is 0.490 e. The van der Waals surface area contributed by atoms with E-state index in [1.165, 1.54) is 11.8 Å². The highest BCUT2D eigenvalue weighted by atomic mass is 16.6. The van der Waals surface area contributed by atoms with Gasteiger partial charge in [-0.15, -0.1) is 0 Å². The van der Waals surface area contributed by atoms with Crippen molar-refractivity contribution >= 4 is 35.5 Å². The van der Waals surface area contributed by atoms with E-state index in [-0.39, 0.29) is 5.91 Å². The van der Waals surface area contributed by atoms with Gasteiger partial charge in [-0.2, -0.15) is 0 Å². The number of amides is 2. The third-order valence-corrected chi connectivity index (χ3v) is 6.31. The van der Waals surface area contributed by atoms with Crippen LogP contribution in [0.3, 0.4) is 0 Å². The number of carbonyl (C=O) groups is 2. The summed E-state index contributed by atoms with van der Waals surface area (Å²) in [5, 5.41) is 22.6. The van der Waals surface area contributed by atoms with Crippen molar-refractivity contribution < 1.29 is 24.4 Å². The van der Waals surface area contributed by atoms with Gasteiger partial charge in [0.15, 0.2) is 0 Å². The molecule has 1 aliphatic heterocycles. The minimum absolute atomic E-state index is 0.0758. The molecule has 2 heterocycles. The zero-order valence-electron chi connectivity index (χ0n) is 20.9. The zero-order valence-corrected chi connectivity index (χ0v) is 20.9. The Kier molecular flexibility index (Phi) is 7.61. The number of pyridine rings is 1. The van der Waals surface area contributed by atoms with Gasteiger partial charge in [0, 0.05) is 36.7 Å². The van der Waals surface area contributed by atoms with Crippen LogP contribution in [0, 0.1) is 0 Å². The topological polar surface area (TPSA) is 112 Å². The molecule has 2 amide bonds. The van der Waals surface area contributed by atoms with Crippen molar-refractivity contribution in [2.45, 2.75) is 51.7 Å². The Labute approximate surface area is 211 Å². The number of para-hydroxylation sites is 1. The molecule has 0 unspecified atom stereocenters. The van der Waals surface area contributed by atoms with E-state index in [1.54, 1.807) is 18.2 Å². The Morgan fingerprint density at radius 2 is 1.83 bits per heavy atom. The first-order chi connectivity index (χ1) is 17.1. The summed E-state index contributed by atoms with van der Waals surface area (Å²) in [7, 11) is -1.62. The molecule has 9 heteroatoms. The molecule has 0 bridgehead atoms. The second-order valence-electron chi connectivity index (χ2n) is 10.2. The monoisotopic (exact) mass is 489 g/mol. The molecule has 3 N–H and O–H groups in total. The predicted octanol–water partition coefficient (Wildman–Crippen LogP) is 2.96. The van der Waals surface area contributed by atoms with Crippen LogP contribution in [-0.4, -0.2) is 57.7 Å². The van der Waals surface area contributed by atoms with Crippen molar-refractivity contribution in [3.05, 3.63) is 71.4 Å². The second kappa shape index (κ2) is 10.7. The number of piperidine rings is 1. The predicted molar refractivity (Wildman–Crippen MR) is 139 cm³/mol. The van der Waals surface area contributed by atoms with Crippen LogP contribution in [-0.2, 0) is 11.3 Å². The normalized spacial score (nSPS) is 14.5. The molecule has 3 aromatic rings. The van der Waals surface area contributed by atoms with Crippen LogP contribution < -0.4 is 10.8 Å². The molecule has 1 saturated heterocycles. The Balaban J connectivity index is 1.36. The number of alkyl carbamates (subject to hydrolysis) is 1. The van der Waals surface area contributed by atoms with Crippen molar-refractivity contribution in [2.24, 2.45) is 0 Å². The van der Waals surface area contributed by atoms with Gasteiger partial charge in [0.25, 0.3) is 5.91 Å². The summed E-state index contributed by atoms with van der Waals surface area (Å²) >= 11 is 0. The number of hydrogen-bond acceptors (Lipinski definition) is 6. The fourth-order valence-corrected chi connectivity index (χ4v) is 4.55. The van der Waals surface area contributed by atoms with Gasteiger partial charge in [-0.3, -0.25) is 9.78 Å². The third-order valence-electron chi connectivity index (χ3n) is 6.31. The van der Waals surface area contributed by atoms with E-state index in [1.807, 2.05) is 43.9 Å². The number of likely N-dealkylation sites (tertiary alicyclic amines) is 1. The van der Waals surface area contributed by atoms with Gasteiger partial charge in [0.05, 0.1) is 11.1 Å². The minimum atomic E-state index is -1.62. The lowest BCUT2D eigenvalue weighted by atomic mass is 9.79. The van der Waals surface area contributed by atoms with Crippen LogP contribution in [0.2, 0.25) is 0 Å². The molecule has 0 saturated carbocycles. The smallest absolute Gasteiger partial charge is 0.444 e. The number of nitrogens with one attached hydrogen (secondary N) is 1. The number of ether oxygens (including phenoxy) is 1. The number of fused-ring (bicyclic) bond motifs is 1. The average Bonchev–Trinajstić information content (AvgIpc) is 2.85. The molecule has 1 aliphatic rings. The first kappa shape index (κ1) is 25.7. The van der Waals surface area contributed by atoms with E-state index in [0.29, 0.717) is 47.5 Å². The fraction of sp³-hybridized carbons (Fsp3) is 0.370. The van der Waals surface area contributed by atoms with Crippen LogP contribution in [0.1, 0.15) is 61.0 Å². The average molecular weight is 489 g/mol. The molecule has 0 atom stereocenters. The van der Waals surface area contributed by atoms with Crippen LogP contribution >= 0.6 is 0 Å². The second-order valence-corrected chi connectivity index (χ2v) is 10.2. The standard InChI is InChI=1S/C27H32BN3O5/c1-27(2,3)36-26(33)30-16-18-6-4-7-20(14-18)19-10-12-31(13-11-19)25(32)22-15-21-8-5-9-23(28(34)35)24(21)29-17-22/h4-9,14-15,17,19,34-35H,10-13,16H2,1-3H3,(H,30,33). The van der Waals surface area contributed by atoms with E-state index in [2.05, 4.69) is 22.4 Å². The molecule has 1 aromatic heterocycles. The van der Waals surface area contributed by atoms with Gasteiger partial charge in [-0.1, -0.05) is 42.5 Å². The van der Waals surface area contributed by atoms with Crippen molar-refractivity contribution in [3.63, 3.8) is 0 Å². The summed E-state index contributed by atoms with van der Waals surface area (Å²) in [6.07, 6.45) is 2.75. The van der Waals surface area contributed by atoms with E-state index < -0.39 is 18.8 Å². The van der Waals surface area contributed by atoms with Crippen LogP contribution in [0.5, 0.6) is 0 Å². The SMILES string of the molecule is CC(C)(C)OC(=O)NCc1cccc(C2CCN(C(=O)c3cnc4c(B(O)O)cccc4c3)CC2)c1. The van der Waals surface area contributed by atoms with E-state index in [9.17, 15) is 19.6 Å². The summed E-state index contributed by atoms with van der Waals surface area (Å²) in [4.78, 5) is 31.3. The van der Waals surface area contributed by atoms with Crippen LogP contribution in [0.4, 0.5) is 4.79 Å². The summed E-state index contributed by atoms with van der Waals surface area (Å²) in [6.45, 7) is 7.16. The summed E-state index contributed by atoms with van der Waals surface area (Å²) < 4.78 is 5.30. The first-order valence-corrected chi connectivity index (χ1v) is 12.2. The zero-order chi connectivity index (χ0) is 25.9. The van der Waals surface area contributed by atoms with E-state index >= 15 is 0 Å². The Bertz CT molecular complexity index is 1250. The number of rotatable bonds is 5. The van der Waals surface area contributed by atoms with Gasteiger partial charge in [-0.25, -0.2) is 4.79 Å². The molecule has 1 fully saturated rings. The molecule has 188 valence electrons. The number of aromatic nitrogens is 1. The van der Waals surface area contributed by atoms with Gasteiger partial charge >= 0.3 is 13.2 Å². The van der Waals surface area contributed by atoms with Gasteiger partial charge in [0.1, 0.15) is 5.60 Å². The number of benzene rings is 2. The largest absolute Gasteiger partial charge is 0.490 e.